The fourth-order valence-corrected chi connectivity index (χ4v) is 2.46. The molecule has 0 atom stereocenters. The molecule has 0 heterocycles. The van der Waals surface area contributed by atoms with E-state index in [-0.39, 0.29) is 17.8 Å². The van der Waals surface area contributed by atoms with Crippen molar-refractivity contribution in [2.45, 2.75) is 51.5 Å². The number of nitrogens with zero attached hydrogens (tertiary/aromatic N) is 1. The second kappa shape index (κ2) is 6.62. The summed E-state index contributed by atoms with van der Waals surface area (Å²) in [5.41, 5.74) is 0. The Morgan fingerprint density at radius 2 is 1.82 bits per heavy atom. The molecule has 0 aromatic heterocycles. The Morgan fingerprint density at radius 3 is 2.29 bits per heavy atom. The van der Waals surface area contributed by atoms with E-state index >= 15 is 0 Å². The van der Waals surface area contributed by atoms with Gasteiger partial charge in [0.2, 0.25) is 5.91 Å². The maximum atomic E-state index is 11.7. The standard InChI is InChI=1S/C13H23NO3/c1-4-5-12(15)14(2)11-8-6-10(7-9-11)13(16)17-3/h10-11H,4-9H2,1-3H3. The zero-order valence-corrected chi connectivity index (χ0v) is 11.1. The lowest BCUT2D eigenvalue weighted by molar-refractivity contribution is -0.147. The zero-order valence-electron chi connectivity index (χ0n) is 11.1. The Morgan fingerprint density at radius 1 is 1.24 bits per heavy atom. The van der Waals surface area contributed by atoms with Gasteiger partial charge in [0.1, 0.15) is 0 Å². The van der Waals surface area contributed by atoms with Crippen molar-refractivity contribution in [1.29, 1.82) is 0 Å². The van der Waals surface area contributed by atoms with Crippen LogP contribution in [0.3, 0.4) is 0 Å². The molecule has 98 valence electrons. The Bertz CT molecular complexity index is 270. The van der Waals surface area contributed by atoms with Gasteiger partial charge in [0, 0.05) is 19.5 Å². The molecule has 1 fully saturated rings. The number of hydrogen-bond acceptors (Lipinski definition) is 3. The van der Waals surface area contributed by atoms with E-state index < -0.39 is 0 Å². The Balaban J connectivity index is 2.41. The molecule has 0 aromatic carbocycles. The molecule has 4 nitrogen and oxygen atoms in total. The van der Waals surface area contributed by atoms with Crippen molar-refractivity contribution in [2.24, 2.45) is 5.92 Å². The molecule has 0 radical (unpaired) electrons. The van der Waals surface area contributed by atoms with Crippen LogP contribution in [0.25, 0.3) is 0 Å². The molecule has 0 aliphatic heterocycles. The van der Waals surface area contributed by atoms with Crippen molar-refractivity contribution in [3.63, 3.8) is 0 Å². The summed E-state index contributed by atoms with van der Waals surface area (Å²) in [5, 5.41) is 0. The molecule has 1 rings (SSSR count). The highest BCUT2D eigenvalue weighted by molar-refractivity contribution is 5.76. The molecule has 1 amide bonds. The number of ether oxygens (including phenoxy) is 1. The summed E-state index contributed by atoms with van der Waals surface area (Å²) in [6, 6.07) is 0.301. The van der Waals surface area contributed by atoms with Crippen LogP contribution in [-0.2, 0) is 14.3 Å². The first kappa shape index (κ1) is 14.0. The van der Waals surface area contributed by atoms with E-state index in [2.05, 4.69) is 0 Å². The summed E-state index contributed by atoms with van der Waals surface area (Å²) < 4.78 is 4.75. The SMILES string of the molecule is CCCC(=O)N(C)C1CCC(C(=O)OC)CC1. The van der Waals surface area contributed by atoms with E-state index in [4.69, 9.17) is 4.74 Å². The minimum absolute atomic E-state index is 0.0333. The Labute approximate surface area is 103 Å². The average molecular weight is 241 g/mol. The lowest BCUT2D eigenvalue weighted by atomic mass is 9.85. The van der Waals surface area contributed by atoms with Gasteiger partial charge >= 0.3 is 5.97 Å². The molecule has 1 saturated carbocycles. The lowest BCUT2D eigenvalue weighted by Gasteiger charge is -2.33. The van der Waals surface area contributed by atoms with Crippen LogP contribution >= 0.6 is 0 Å². The molecule has 0 spiro atoms. The summed E-state index contributed by atoms with van der Waals surface area (Å²) >= 11 is 0. The van der Waals surface area contributed by atoms with Gasteiger partial charge in [-0.1, -0.05) is 6.92 Å². The molecule has 0 unspecified atom stereocenters. The topological polar surface area (TPSA) is 46.6 Å². The number of carbonyl (C=O) groups excluding carboxylic acids is 2. The monoisotopic (exact) mass is 241 g/mol. The number of hydrogen-bond donors (Lipinski definition) is 0. The van der Waals surface area contributed by atoms with Gasteiger partial charge in [-0.3, -0.25) is 9.59 Å². The van der Waals surface area contributed by atoms with Crippen molar-refractivity contribution >= 4 is 11.9 Å². The molecule has 0 N–H and O–H groups in total. The number of amides is 1. The van der Waals surface area contributed by atoms with Gasteiger partial charge in [-0.2, -0.15) is 0 Å². The first-order valence-corrected chi connectivity index (χ1v) is 6.43. The van der Waals surface area contributed by atoms with E-state index in [0.717, 1.165) is 32.1 Å². The third-order valence-electron chi connectivity index (χ3n) is 3.64. The number of methoxy groups -OCH3 is 1. The second-order valence-electron chi connectivity index (χ2n) is 4.78. The second-order valence-corrected chi connectivity index (χ2v) is 4.78. The van der Waals surface area contributed by atoms with Crippen molar-refractivity contribution < 1.29 is 14.3 Å². The van der Waals surface area contributed by atoms with E-state index in [1.54, 1.807) is 0 Å². The van der Waals surface area contributed by atoms with Crippen LogP contribution in [0.2, 0.25) is 0 Å². The van der Waals surface area contributed by atoms with Crippen molar-refractivity contribution in [2.75, 3.05) is 14.2 Å². The fourth-order valence-electron chi connectivity index (χ4n) is 2.46. The minimum Gasteiger partial charge on any atom is -0.469 e. The highest BCUT2D eigenvalue weighted by Gasteiger charge is 2.29. The summed E-state index contributed by atoms with van der Waals surface area (Å²) in [4.78, 5) is 25.0. The summed E-state index contributed by atoms with van der Waals surface area (Å²) in [6.07, 6.45) is 4.99. The molecule has 4 heteroatoms. The largest absolute Gasteiger partial charge is 0.469 e. The van der Waals surface area contributed by atoms with Crippen LogP contribution in [0.1, 0.15) is 45.4 Å². The van der Waals surface area contributed by atoms with E-state index in [1.165, 1.54) is 7.11 Å². The Kier molecular flexibility index (Phi) is 5.45. The lowest BCUT2D eigenvalue weighted by Crippen LogP contribution is -2.40. The maximum Gasteiger partial charge on any atom is 0.308 e. The van der Waals surface area contributed by atoms with E-state index in [1.807, 2.05) is 18.9 Å². The molecule has 0 saturated heterocycles. The molecule has 0 aromatic rings. The maximum absolute atomic E-state index is 11.7. The smallest absolute Gasteiger partial charge is 0.308 e. The van der Waals surface area contributed by atoms with E-state index in [9.17, 15) is 9.59 Å². The molecular weight excluding hydrogens is 218 g/mol. The van der Waals surface area contributed by atoms with Crippen molar-refractivity contribution in [3.05, 3.63) is 0 Å². The highest BCUT2D eigenvalue weighted by atomic mass is 16.5. The van der Waals surface area contributed by atoms with Gasteiger partial charge < -0.3 is 9.64 Å². The van der Waals surface area contributed by atoms with Crippen LogP contribution in [0.4, 0.5) is 0 Å². The zero-order chi connectivity index (χ0) is 12.8. The van der Waals surface area contributed by atoms with Crippen LogP contribution in [0, 0.1) is 5.92 Å². The van der Waals surface area contributed by atoms with Gasteiger partial charge in [0.05, 0.1) is 13.0 Å². The van der Waals surface area contributed by atoms with Crippen LogP contribution in [-0.4, -0.2) is 37.0 Å². The van der Waals surface area contributed by atoms with Gasteiger partial charge in [0.15, 0.2) is 0 Å². The first-order valence-electron chi connectivity index (χ1n) is 6.43. The normalized spacial score (nSPS) is 24.2. The van der Waals surface area contributed by atoms with Gasteiger partial charge in [-0.15, -0.1) is 0 Å². The third kappa shape index (κ3) is 3.72. The van der Waals surface area contributed by atoms with Gasteiger partial charge in [-0.05, 0) is 32.1 Å². The summed E-state index contributed by atoms with van der Waals surface area (Å²) in [5.74, 6) is 0.144. The molecule has 17 heavy (non-hydrogen) atoms. The van der Waals surface area contributed by atoms with Crippen molar-refractivity contribution in [3.8, 4) is 0 Å². The fraction of sp³-hybridized carbons (Fsp3) is 0.846. The van der Waals surface area contributed by atoms with Crippen LogP contribution in [0.15, 0.2) is 0 Å². The highest BCUT2D eigenvalue weighted by Crippen LogP contribution is 2.28. The van der Waals surface area contributed by atoms with Crippen LogP contribution < -0.4 is 0 Å². The molecule has 1 aliphatic carbocycles. The quantitative estimate of drug-likeness (QED) is 0.707. The Hall–Kier alpha value is -1.06. The predicted molar refractivity (Wildman–Crippen MR) is 65.4 cm³/mol. The van der Waals surface area contributed by atoms with Gasteiger partial charge in [-0.25, -0.2) is 0 Å². The van der Waals surface area contributed by atoms with E-state index in [0.29, 0.717) is 12.5 Å². The van der Waals surface area contributed by atoms with Gasteiger partial charge in [0.25, 0.3) is 0 Å². The summed E-state index contributed by atoms with van der Waals surface area (Å²) in [7, 11) is 3.31. The third-order valence-corrected chi connectivity index (χ3v) is 3.64. The number of rotatable bonds is 4. The van der Waals surface area contributed by atoms with Crippen LogP contribution in [0.5, 0.6) is 0 Å². The number of carbonyl (C=O) groups is 2. The minimum atomic E-state index is -0.106. The predicted octanol–water partition coefficient (Wildman–Crippen LogP) is 1.98. The average Bonchev–Trinajstić information content (AvgIpc) is 2.37. The summed E-state index contributed by atoms with van der Waals surface area (Å²) in [6.45, 7) is 2.01. The molecular formula is C13H23NO3. The first-order chi connectivity index (χ1) is 8.10. The molecule has 1 aliphatic rings. The van der Waals surface area contributed by atoms with Crippen molar-refractivity contribution in [1.82, 2.24) is 4.90 Å². The molecule has 0 bridgehead atoms. The number of esters is 1.